The third kappa shape index (κ3) is 8.14. The second-order valence-corrected chi connectivity index (χ2v) is 13.9. The molecule has 3 N–H and O–H groups in total. The van der Waals surface area contributed by atoms with E-state index in [9.17, 15) is 9.59 Å². The molecular formula is C28H44N4O2S2. The third-order valence-electron chi connectivity index (χ3n) is 7.87. The lowest BCUT2D eigenvalue weighted by Crippen LogP contribution is -2.58. The number of carbonyl (C=O) groups is 2. The van der Waals surface area contributed by atoms with Gasteiger partial charge in [-0.2, -0.15) is 11.8 Å². The van der Waals surface area contributed by atoms with Crippen LogP contribution in [0.5, 0.6) is 0 Å². The molecule has 2 heterocycles. The van der Waals surface area contributed by atoms with Crippen LogP contribution < -0.4 is 16.0 Å². The Kier molecular flexibility index (Phi) is 10.5. The van der Waals surface area contributed by atoms with E-state index in [0.717, 1.165) is 50.0 Å². The van der Waals surface area contributed by atoms with Crippen LogP contribution in [0.15, 0.2) is 30.3 Å². The first kappa shape index (κ1) is 27.8. The molecule has 8 heteroatoms. The summed E-state index contributed by atoms with van der Waals surface area (Å²) in [7, 11) is 0. The minimum absolute atomic E-state index is 0.0236. The number of amides is 2. The Morgan fingerprint density at radius 2 is 1.83 bits per heavy atom. The number of hydrogen-bond donors (Lipinski definition) is 3. The van der Waals surface area contributed by atoms with E-state index in [4.69, 9.17) is 0 Å². The molecule has 4 rings (SSSR count). The van der Waals surface area contributed by atoms with E-state index in [0.29, 0.717) is 5.75 Å². The summed E-state index contributed by atoms with van der Waals surface area (Å²) in [6.45, 7) is 7.10. The second-order valence-electron chi connectivity index (χ2n) is 11.2. The maximum atomic E-state index is 13.4. The summed E-state index contributed by atoms with van der Waals surface area (Å²) in [6.07, 6.45) is 8.51. The SMILES string of the molecule is CC1(C)SCN[C@@H]1C(=O)NC(CSCC1CCCCC1)C(=O)NC1CCN(Cc2ccccc2)CC1. The van der Waals surface area contributed by atoms with E-state index < -0.39 is 6.04 Å². The number of benzene rings is 1. The van der Waals surface area contributed by atoms with Crippen LogP contribution in [-0.2, 0) is 16.1 Å². The van der Waals surface area contributed by atoms with Crippen LogP contribution in [0.1, 0.15) is 64.4 Å². The van der Waals surface area contributed by atoms with Crippen LogP contribution in [0.2, 0.25) is 0 Å². The summed E-state index contributed by atoms with van der Waals surface area (Å²) >= 11 is 3.59. The fourth-order valence-corrected chi connectivity index (χ4v) is 7.82. The predicted molar refractivity (Wildman–Crippen MR) is 152 cm³/mol. The molecule has 1 aromatic rings. The molecule has 1 aliphatic carbocycles. The fourth-order valence-electron chi connectivity index (χ4n) is 5.57. The van der Waals surface area contributed by atoms with Gasteiger partial charge in [-0.05, 0) is 56.8 Å². The summed E-state index contributed by atoms with van der Waals surface area (Å²) in [4.78, 5) is 29.0. The van der Waals surface area contributed by atoms with Gasteiger partial charge in [0, 0.05) is 42.1 Å². The van der Waals surface area contributed by atoms with Gasteiger partial charge in [-0.1, -0.05) is 49.6 Å². The van der Waals surface area contributed by atoms with Gasteiger partial charge in [-0.25, -0.2) is 0 Å². The number of hydrogen-bond acceptors (Lipinski definition) is 6. The smallest absolute Gasteiger partial charge is 0.243 e. The van der Waals surface area contributed by atoms with Crippen molar-refractivity contribution in [2.75, 3.05) is 30.5 Å². The standard InChI is InChI=1S/C28H44N4O2S2/c1-28(2)25(29-20-36-28)27(34)31-24(19-35-18-22-11-7-4-8-12-22)26(33)30-23-13-15-32(16-14-23)17-21-9-5-3-6-10-21/h3,5-6,9-10,22-25,29H,4,7-8,11-20H2,1-2H3,(H,30,33)(H,31,34)/t24?,25-/m1/s1. The number of nitrogens with one attached hydrogen (secondary N) is 3. The maximum absolute atomic E-state index is 13.4. The van der Waals surface area contributed by atoms with E-state index in [1.54, 1.807) is 11.8 Å². The Morgan fingerprint density at radius 1 is 1.11 bits per heavy atom. The number of piperidine rings is 1. The molecule has 1 saturated carbocycles. The molecule has 200 valence electrons. The highest BCUT2D eigenvalue weighted by molar-refractivity contribution is 8.00. The van der Waals surface area contributed by atoms with Crippen LogP contribution in [0.3, 0.4) is 0 Å². The lowest BCUT2D eigenvalue weighted by atomic mass is 9.91. The van der Waals surface area contributed by atoms with E-state index in [1.807, 2.05) is 11.8 Å². The Hall–Kier alpha value is -1.22. The highest BCUT2D eigenvalue weighted by Gasteiger charge is 2.41. The van der Waals surface area contributed by atoms with Crippen molar-refractivity contribution >= 4 is 35.3 Å². The number of nitrogens with zero attached hydrogens (tertiary/aromatic N) is 1. The van der Waals surface area contributed by atoms with Crippen LogP contribution in [0, 0.1) is 5.92 Å². The first-order valence-electron chi connectivity index (χ1n) is 13.7. The Bertz CT molecular complexity index is 839. The number of carbonyl (C=O) groups excluding carboxylic acids is 2. The first-order valence-corrected chi connectivity index (χ1v) is 15.9. The summed E-state index contributed by atoms with van der Waals surface area (Å²) in [5.74, 6) is 3.16. The van der Waals surface area contributed by atoms with E-state index in [-0.39, 0.29) is 28.6 Å². The van der Waals surface area contributed by atoms with Crippen molar-refractivity contribution in [2.45, 2.75) is 88.2 Å². The Morgan fingerprint density at radius 3 is 2.50 bits per heavy atom. The van der Waals surface area contributed by atoms with Crippen molar-refractivity contribution in [1.82, 2.24) is 20.9 Å². The highest BCUT2D eigenvalue weighted by Crippen LogP contribution is 2.33. The van der Waals surface area contributed by atoms with E-state index in [1.165, 1.54) is 37.7 Å². The molecule has 3 fully saturated rings. The molecule has 0 spiro atoms. The minimum Gasteiger partial charge on any atom is -0.351 e. The van der Waals surface area contributed by atoms with Crippen molar-refractivity contribution in [2.24, 2.45) is 5.92 Å². The molecule has 0 aromatic heterocycles. The first-order chi connectivity index (χ1) is 17.4. The number of thioether (sulfide) groups is 2. The largest absolute Gasteiger partial charge is 0.351 e. The molecule has 2 amide bonds. The Balaban J connectivity index is 1.28. The number of likely N-dealkylation sites (tertiary alicyclic amines) is 1. The minimum atomic E-state index is -0.489. The van der Waals surface area contributed by atoms with Crippen molar-refractivity contribution in [3.8, 4) is 0 Å². The van der Waals surface area contributed by atoms with Gasteiger partial charge in [0.15, 0.2) is 0 Å². The van der Waals surface area contributed by atoms with Crippen molar-refractivity contribution in [1.29, 1.82) is 0 Å². The lowest BCUT2D eigenvalue weighted by molar-refractivity contribution is -0.130. The zero-order chi connectivity index (χ0) is 25.4. The molecule has 6 nitrogen and oxygen atoms in total. The summed E-state index contributed by atoms with van der Waals surface area (Å²) in [5, 5.41) is 9.73. The molecule has 0 bridgehead atoms. The molecule has 2 atom stereocenters. The molecular weight excluding hydrogens is 488 g/mol. The molecule has 3 aliphatic rings. The summed E-state index contributed by atoms with van der Waals surface area (Å²) in [5.41, 5.74) is 1.33. The molecule has 2 aliphatic heterocycles. The monoisotopic (exact) mass is 532 g/mol. The van der Waals surface area contributed by atoms with Gasteiger partial charge < -0.3 is 10.6 Å². The highest BCUT2D eigenvalue weighted by atomic mass is 32.2. The third-order valence-corrected chi connectivity index (χ3v) is 10.4. The predicted octanol–water partition coefficient (Wildman–Crippen LogP) is 4.01. The van der Waals surface area contributed by atoms with Crippen molar-refractivity contribution in [3.05, 3.63) is 35.9 Å². The zero-order valence-corrected chi connectivity index (χ0v) is 23.6. The van der Waals surface area contributed by atoms with Gasteiger partial charge >= 0.3 is 0 Å². The van der Waals surface area contributed by atoms with Crippen molar-refractivity contribution in [3.63, 3.8) is 0 Å². The Labute approximate surface area is 225 Å². The van der Waals surface area contributed by atoms with Gasteiger partial charge in [-0.3, -0.25) is 19.8 Å². The number of rotatable bonds is 10. The van der Waals surface area contributed by atoms with Gasteiger partial charge in [0.1, 0.15) is 12.1 Å². The summed E-state index contributed by atoms with van der Waals surface area (Å²) in [6, 6.07) is 9.98. The molecule has 1 aromatic carbocycles. The average Bonchev–Trinajstić information content (AvgIpc) is 3.25. The van der Waals surface area contributed by atoms with Crippen LogP contribution in [0.4, 0.5) is 0 Å². The topological polar surface area (TPSA) is 73.5 Å². The molecule has 0 radical (unpaired) electrons. The van der Waals surface area contributed by atoms with Gasteiger partial charge in [0.25, 0.3) is 0 Å². The molecule has 36 heavy (non-hydrogen) atoms. The van der Waals surface area contributed by atoms with Gasteiger partial charge in [0.05, 0.1) is 0 Å². The van der Waals surface area contributed by atoms with Crippen LogP contribution in [0.25, 0.3) is 0 Å². The van der Waals surface area contributed by atoms with Gasteiger partial charge in [-0.15, -0.1) is 11.8 Å². The fraction of sp³-hybridized carbons (Fsp3) is 0.714. The van der Waals surface area contributed by atoms with Gasteiger partial charge in [0.2, 0.25) is 11.8 Å². The van der Waals surface area contributed by atoms with Crippen LogP contribution in [-0.4, -0.2) is 70.1 Å². The maximum Gasteiger partial charge on any atom is 0.243 e. The normalized spacial score (nSPS) is 24.3. The second kappa shape index (κ2) is 13.5. The zero-order valence-electron chi connectivity index (χ0n) is 22.0. The molecule has 1 unspecified atom stereocenters. The lowest BCUT2D eigenvalue weighted by Gasteiger charge is -2.33. The van der Waals surface area contributed by atoms with E-state index >= 15 is 0 Å². The van der Waals surface area contributed by atoms with Crippen molar-refractivity contribution < 1.29 is 9.59 Å². The molecule has 2 saturated heterocycles. The summed E-state index contributed by atoms with van der Waals surface area (Å²) < 4.78 is -0.175. The van der Waals surface area contributed by atoms with E-state index in [2.05, 4.69) is 65.0 Å². The van der Waals surface area contributed by atoms with Crippen LogP contribution >= 0.6 is 23.5 Å². The average molecular weight is 533 g/mol. The quantitative estimate of drug-likeness (QED) is 0.423.